The number of nitrogen functional groups attached to an aromatic ring is 1. The van der Waals surface area contributed by atoms with Crippen LogP contribution in [0.4, 0.5) is 5.82 Å². The van der Waals surface area contributed by atoms with Crippen LogP contribution >= 0.6 is 15.9 Å². The molecule has 102 valence electrons. The summed E-state index contributed by atoms with van der Waals surface area (Å²) in [6.45, 7) is 1.30. The van der Waals surface area contributed by atoms with Gasteiger partial charge in [0.2, 0.25) is 0 Å². The molecule has 0 spiro atoms. The summed E-state index contributed by atoms with van der Waals surface area (Å²) in [5, 5.41) is 13.9. The third-order valence-corrected chi connectivity index (χ3v) is 3.96. The topological polar surface area (TPSA) is 76.9 Å². The Kier molecular flexibility index (Phi) is 3.47. The van der Waals surface area contributed by atoms with E-state index in [1.54, 1.807) is 4.68 Å². The molecule has 0 radical (unpaired) electrons. The van der Waals surface area contributed by atoms with Crippen molar-refractivity contribution in [2.45, 2.75) is 12.5 Å². The fourth-order valence-corrected chi connectivity index (χ4v) is 2.63. The highest BCUT2D eigenvalue weighted by Crippen LogP contribution is 2.31. The van der Waals surface area contributed by atoms with Gasteiger partial charge in [-0.3, -0.25) is 0 Å². The number of rotatable bonds is 2. The number of nitrogens with two attached hydrogens (primary N) is 1. The lowest BCUT2D eigenvalue weighted by Gasteiger charge is -2.09. The lowest BCUT2D eigenvalue weighted by atomic mass is 10.1. The summed E-state index contributed by atoms with van der Waals surface area (Å²) in [6, 6.07) is 9.96. The average molecular weight is 333 g/mol. The second-order valence-electron chi connectivity index (χ2n) is 4.69. The van der Waals surface area contributed by atoms with Crippen LogP contribution in [0.1, 0.15) is 18.0 Å². The molecule has 0 amide bonds. The fourth-order valence-electron chi connectivity index (χ4n) is 2.36. The van der Waals surface area contributed by atoms with Crippen LogP contribution in [0.25, 0.3) is 11.3 Å². The van der Waals surface area contributed by atoms with Crippen molar-refractivity contribution >= 4 is 21.7 Å². The molecule has 2 aromatic rings. The second kappa shape index (κ2) is 5.27. The standard InChI is InChI=1S/C14H13BrN4O/c15-10-3-1-9(2-4-10)13-12(7-16)14(17)19(18-13)11-5-6-20-8-11/h1-4,11H,5-6,8,17H2. The molecule has 1 aromatic carbocycles. The number of hydrogen-bond acceptors (Lipinski definition) is 4. The number of hydrogen-bond donors (Lipinski definition) is 1. The van der Waals surface area contributed by atoms with Crippen LogP contribution in [0.15, 0.2) is 28.7 Å². The first kappa shape index (κ1) is 13.2. The number of anilines is 1. The Labute approximate surface area is 125 Å². The van der Waals surface area contributed by atoms with Gasteiger partial charge in [0, 0.05) is 16.6 Å². The maximum absolute atomic E-state index is 9.35. The van der Waals surface area contributed by atoms with Gasteiger partial charge in [-0.25, -0.2) is 4.68 Å². The minimum absolute atomic E-state index is 0.117. The molecule has 1 aliphatic rings. The molecule has 1 aromatic heterocycles. The Morgan fingerprint density at radius 3 is 2.75 bits per heavy atom. The van der Waals surface area contributed by atoms with Crippen molar-refractivity contribution in [1.82, 2.24) is 9.78 Å². The molecule has 0 saturated carbocycles. The minimum Gasteiger partial charge on any atom is -0.383 e. The Bertz CT molecular complexity index is 666. The zero-order valence-electron chi connectivity index (χ0n) is 10.7. The molecular formula is C14H13BrN4O. The minimum atomic E-state index is 0.117. The average Bonchev–Trinajstić information content (AvgIpc) is 3.07. The lowest BCUT2D eigenvalue weighted by Crippen LogP contribution is -2.13. The maximum Gasteiger partial charge on any atom is 0.140 e. The number of benzene rings is 1. The van der Waals surface area contributed by atoms with Crippen molar-refractivity contribution in [2.24, 2.45) is 0 Å². The van der Waals surface area contributed by atoms with Crippen molar-refractivity contribution < 1.29 is 4.74 Å². The molecule has 1 fully saturated rings. The summed E-state index contributed by atoms with van der Waals surface area (Å²) in [4.78, 5) is 0. The van der Waals surface area contributed by atoms with E-state index >= 15 is 0 Å². The van der Waals surface area contributed by atoms with Crippen molar-refractivity contribution in [3.63, 3.8) is 0 Å². The predicted molar refractivity (Wildman–Crippen MR) is 79.0 cm³/mol. The van der Waals surface area contributed by atoms with Crippen LogP contribution in [-0.4, -0.2) is 23.0 Å². The van der Waals surface area contributed by atoms with Crippen LogP contribution in [0.2, 0.25) is 0 Å². The van der Waals surface area contributed by atoms with Crippen molar-refractivity contribution in [3.8, 4) is 17.3 Å². The Morgan fingerprint density at radius 1 is 1.40 bits per heavy atom. The van der Waals surface area contributed by atoms with Crippen LogP contribution < -0.4 is 5.73 Å². The molecule has 1 atom stereocenters. The van der Waals surface area contributed by atoms with Gasteiger partial charge in [0.1, 0.15) is 23.1 Å². The van der Waals surface area contributed by atoms with E-state index in [0.717, 1.165) is 16.5 Å². The largest absolute Gasteiger partial charge is 0.383 e. The molecule has 1 saturated heterocycles. The summed E-state index contributed by atoms with van der Waals surface area (Å²) in [7, 11) is 0. The van der Waals surface area contributed by atoms with Crippen molar-refractivity contribution in [3.05, 3.63) is 34.3 Å². The van der Waals surface area contributed by atoms with Crippen LogP contribution in [-0.2, 0) is 4.74 Å². The number of aromatic nitrogens is 2. The molecule has 3 rings (SSSR count). The number of halogens is 1. The van der Waals surface area contributed by atoms with Gasteiger partial charge in [-0.1, -0.05) is 28.1 Å². The SMILES string of the molecule is N#Cc1c(-c2ccc(Br)cc2)nn(C2CCOC2)c1N. The van der Waals surface area contributed by atoms with Gasteiger partial charge >= 0.3 is 0 Å². The van der Waals surface area contributed by atoms with E-state index in [0.29, 0.717) is 30.3 Å². The Morgan fingerprint density at radius 2 is 2.15 bits per heavy atom. The summed E-state index contributed by atoms with van der Waals surface area (Å²) < 4.78 is 8.07. The van der Waals surface area contributed by atoms with Gasteiger partial charge in [-0.05, 0) is 18.6 Å². The Hall–Kier alpha value is -1.84. The van der Waals surface area contributed by atoms with E-state index in [9.17, 15) is 5.26 Å². The Balaban J connectivity index is 2.09. The number of ether oxygens (including phenoxy) is 1. The van der Waals surface area contributed by atoms with E-state index in [1.165, 1.54) is 0 Å². The highest BCUT2D eigenvalue weighted by atomic mass is 79.9. The van der Waals surface area contributed by atoms with E-state index in [2.05, 4.69) is 27.1 Å². The van der Waals surface area contributed by atoms with E-state index in [-0.39, 0.29) is 6.04 Å². The molecule has 2 heterocycles. The number of nitrogens with zero attached hydrogens (tertiary/aromatic N) is 3. The molecule has 1 unspecified atom stereocenters. The lowest BCUT2D eigenvalue weighted by molar-refractivity contribution is 0.185. The van der Waals surface area contributed by atoms with Gasteiger partial charge in [0.15, 0.2) is 0 Å². The maximum atomic E-state index is 9.35. The van der Waals surface area contributed by atoms with Gasteiger partial charge in [0.25, 0.3) is 0 Å². The van der Waals surface area contributed by atoms with Gasteiger partial charge in [0.05, 0.1) is 12.6 Å². The highest BCUT2D eigenvalue weighted by molar-refractivity contribution is 9.10. The van der Waals surface area contributed by atoms with Crippen LogP contribution in [0.3, 0.4) is 0 Å². The van der Waals surface area contributed by atoms with Gasteiger partial charge in [-0.15, -0.1) is 0 Å². The third-order valence-electron chi connectivity index (χ3n) is 3.43. The molecule has 1 aliphatic heterocycles. The molecule has 6 heteroatoms. The second-order valence-corrected chi connectivity index (χ2v) is 5.61. The summed E-state index contributed by atoms with van der Waals surface area (Å²) in [5.41, 5.74) is 8.02. The predicted octanol–water partition coefficient (Wildman–Crippen LogP) is 2.73. The molecule has 0 bridgehead atoms. The molecule has 2 N–H and O–H groups in total. The van der Waals surface area contributed by atoms with Crippen LogP contribution in [0.5, 0.6) is 0 Å². The molecular weight excluding hydrogens is 320 g/mol. The number of nitriles is 1. The third kappa shape index (κ3) is 2.19. The fraction of sp³-hybridized carbons (Fsp3) is 0.286. The summed E-state index contributed by atoms with van der Waals surface area (Å²) >= 11 is 3.40. The zero-order valence-corrected chi connectivity index (χ0v) is 12.3. The molecule has 5 nitrogen and oxygen atoms in total. The molecule has 20 heavy (non-hydrogen) atoms. The van der Waals surface area contributed by atoms with E-state index in [4.69, 9.17) is 10.5 Å². The zero-order chi connectivity index (χ0) is 14.1. The first-order chi connectivity index (χ1) is 9.70. The van der Waals surface area contributed by atoms with E-state index < -0.39 is 0 Å². The monoisotopic (exact) mass is 332 g/mol. The van der Waals surface area contributed by atoms with Crippen LogP contribution in [0, 0.1) is 11.3 Å². The van der Waals surface area contributed by atoms with Crippen molar-refractivity contribution in [2.75, 3.05) is 18.9 Å². The first-order valence-corrected chi connectivity index (χ1v) is 7.11. The van der Waals surface area contributed by atoms with Gasteiger partial charge in [-0.2, -0.15) is 10.4 Å². The first-order valence-electron chi connectivity index (χ1n) is 6.32. The van der Waals surface area contributed by atoms with Crippen molar-refractivity contribution in [1.29, 1.82) is 5.26 Å². The normalized spacial score (nSPS) is 18.1. The smallest absolute Gasteiger partial charge is 0.140 e. The summed E-state index contributed by atoms with van der Waals surface area (Å²) in [5.74, 6) is 0.418. The highest BCUT2D eigenvalue weighted by Gasteiger charge is 2.25. The molecule has 0 aliphatic carbocycles. The van der Waals surface area contributed by atoms with Gasteiger partial charge < -0.3 is 10.5 Å². The summed E-state index contributed by atoms with van der Waals surface area (Å²) in [6.07, 6.45) is 0.872. The van der Waals surface area contributed by atoms with E-state index in [1.807, 2.05) is 24.3 Å². The quantitative estimate of drug-likeness (QED) is 0.917.